The molecule has 0 saturated carbocycles. The van der Waals surface area contributed by atoms with Gasteiger partial charge in [-0.05, 0) is 55.7 Å². The predicted octanol–water partition coefficient (Wildman–Crippen LogP) is 3.60. The van der Waals surface area contributed by atoms with Crippen molar-refractivity contribution >= 4 is 5.78 Å². The predicted molar refractivity (Wildman–Crippen MR) is 85.8 cm³/mol. The summed E-state index contributed by atoms with van der Waals surface area (Å²) in [4.78, 5) is 12.5. The minimum atomic E-state index is 0.205. The second-order valence-electron chi connectivity index (χ2n) is 6.29. The van der Waals surface area contributed by atoms with Crippen LogP contribution in [-0.4, -0.2) is 18.9 Å². The van der Waals surface area contributed by atoms with E-state index >= 15 is 0 Å². The number of nitrogens with two attached hydrogens (primary N) is 1. The van der Waals surface area contributed by atoms with Crippen molar-refractivity contribution in [2.75, 3.05) is 13.2 Å². The molecule has 0 bridgehead atoms. The summed E-state index contributed by atoms with van der Waals surface area (Å²) in [6.45, 7) is 5.83. The molecule has 3 nitrogen and oxygen atoms in total. The van der Waals surface area contributed by atoms with Gasteiger partial charge in [-0.3, -0.25) is 4.79 Å². The highest BCUT2D eigenvalue weighted by atomic mass is 16.5. The van der Waals surface area contributed by atoms with Gasteiger partial charge in [0.2, 0.25) is 0 Å². The van der Waals surface area contributed by atoms with Crippen LogP contribution >= 0.6 is 0 Å². The first-order chi connectivity index (χ1) is 10.1. The molecule has 0 spiro atoms. The average molecular weight is 289 g/mol. The molecule has 1 aromatic carbocycles. The number of carbonyl (C=O) groups is 1. The molecule has 0 saturated heterocycles. The van der Waals surface area contributed by atoms with Crippen LogP contribution in [0.3, 0.4) is 0 Å². The van der Waals surface area contributed by atoms with E-state index in [1.807, 2.05) is 12.1 Å². The van der Waals surface area contributed by atoms with E-state index in [4.69, 9.17) is 10.5 Å². The smallest absolute Gasteiger partial charge is 0.166 e. The lowest BCUT2D eigenvalue weighted by Gasteiger charge is -2.21. The van der Waals surface area contributed by atoms with E-state index in [9.17, 15) is 4.79 Å². The number of benzene rings is 1. The quantitative estimate of drug-likeness (QED) is 0.780. The molecular weight excluding hydrogens is 262 g/mol. The lowest BCUT2D eigenvalue weighted by molar-refractivity contribution is 0.0964. The van der Waals surface area contributed by atoms with Crippen LogP contribution in [0, 0.1) is 11.8 Å². The van der Waals surface area contributed by atoms with Crippen molar-refractivity contribution in [3.8, 4) is 5.75 Å². The van der Waals surface area contributed by atoms with Gasteiger partial charge in [-0.2, -0.15) is 0 Å². The van der Waals surface area contributed by atoms with Gasteiger partial charge in [-0.1, -0.05) is 26.0 Å². The molecule has 21 heavy (non-hydrogen) atoms. The molecule has 1 heterocycles. The molecule has 116 valence electrons. The molecular formula is C18H27NO2. The number of Topliss-reactive ketones (excluding diaryl/α,β-unsaturated/α-hetero) is 1. The first kappa shape index (κ1) is 16.0. The van der Waals surface area contributed by atoms with Crippen molar-refractivity contribution in [1.82, 2.24) is 0 Å². The van der Waals surface area contributed by atoms with E-state index in [2.05, 4.69) is 19.9 Å². The van der Waals surface area contributed by atoms with E-state index in [0.29, 0.717) is 24.8 Å². The van der Waals surface area contributed by atoms with E-state index in [1.54, 1.807) is 0 Å². The third kappa shape index (κ3) is 4.07. The van der Waals surface area contributed by atoms with Gasteiger partial charge in [0, 0.05) is 6.42 Å². The molecule has 3 heteroatoms. The zero-order chi connectivity index (χ0) is 15.2. The number of aryl methyl sites for hydroxylation is 1. The number of hydrogen-bond acceptors (Lipinski definition) is 3. The number of hydrogen-bond donors (Lipinski definition) is 1. The van der Waals surface area contributed by atoms with Gasteiger partial charge < -0.3 is 10.5 Å². The van der Waals surface area contributed by atoms with Gasteiger partial charge >= 0.3 is 0 Å². The van der Waals surface area contributed by atoms with Crippen molar-refractivity contribution in [3.63, 3.8) is 0 Å². The SMILES string of the molecule is CC(C)C(CCN)CCC(=O)c1cccc2c1OCCC2. The zero-order valence-corrected chi connectivity index (χ0v) is 13.2. The molecule has 1 atom stereocenters. The highest BCUT2D eigenvalue weighted by Crippen LogP contribution is 2.31. The Bertz CT molecular complexity index is 482. The van der Waals surface area contributed by atoms with Gasteiger partial charge in [0.25, 0.3) is 0 Å². The minimum absolute atomic E-state index is 0.205. The van der Waals surface area contributed by atoms with Gasteiger partial charge in [0.1, 0.15) is 5.75 Å². The second-order valence-corrected chi connectivity index (χ2v) is 6.29. The molecule has 2 N–H and O–H groups in total. The third-order valence-corrected chi connectivity index (χ3v) is 4.46. The number of carbonyl (C=O) groups excluding carboxylic acids is 1. The van der Waals surface area contributed by atoms with E-state index in [1.165, 1.54) is 5.56 Å². The molecule has 0 aliphatic carbocycles. The fraction of sp³-hybridized carbons (Fsp3) is 0.611. The maximum Gasteiger partial charge on any atom is 0.166 e. The monoisotopic (exact) mass is 289 g/mol. The normalized spacial score (nSPS) is 15.4. The largest absolute Gasteiger partial charge is 0.493 e. The number of ether oxygens (including phenoxy) is 1. The Morgan fingerprint density at radius 1 is 1.33 bits per heavy atom. The highest BCUT2D eigenvalue weighted by molar-refractivity contribution is 5.99. The van der Waals surface area contributed by atoms with Gasteiger partial charge in [-0.25, -0.2) is 0 Å². The molecule has 1 aliphatic rings. The third-order valence-electron chi connectivity index (χ3n) is 4.46. The van der Waals surface area contributed by atoms with Crippen molar-refractivity contribution < 1.29 is 9.53 Å². The summed E-state index contributed by atoms with van der Waals surface area (Å²) in [6.07, 6.45) is 4.54. The van der Waals surface area contributed by atoms with E-state index in [-0.39, 0.29) is 5.78 Å². The maximum atomic E-state index is 12.5. The molecule has 1 unspecified atom stereocenters. The minimum Gasteiger partial charge on any atom is -0.493 e. The Kier molecular flexibility index (Phi) is 5.80. The molecule has 0 fully saturated rings. The van der Waals surface area contributed by atoms with E-state index in [0.717, 1.165) is 43.6 Å². The molecule has 1 aromatic rings. The van der Waals surface area contributed by atoms with E-state index < -0.39 is 0 Å². The summed E-state index contributed by atoms with van der Waals surface area (Å²) in [7, 11) is 0. The summed E-state index contributed by atoms with van der Waals surface area (Å²) < 4.78 is 5.74. The Labute approximate surface area is 127 Å². The Balaban J connectivity index is 2.03. The van der Waals surface area contributed by atoms with Crippen LogP contribution in [0.5, 0.6) is 5.75 Å². The summed E-state index contributed by atoms with van der Waals surface area (Å²) in [5.41, 5.74) is 7.61. The maximum absolute atomic E-state index is 12.5. The average Bonchev–Trinajstić information content (AvgIpc) is 2.50. The summed E-state index contributed by atoms with van der Waals surface area (Å²) >= 11 is 0. The van der Waals surface area contributed by atoms with Crippen molar-refractivity contribution in [2.45, 2.75) is 46.0 Å². The molecule has 0 amide bonds. The number of fused-ring (bicyclic) bond motifs is 1. The van der Waals surface area contributed by atoms with Crippen LogP contribution in [0.2, 0.25) is 0 Å². The van der Waals surface area contributed by atoms with Crippen molar-refractivity contribution in [3.05, 3.63) is 29.3 Å². The first-order valence-electron chi connectivity index (χ1n) is 8.11. The Morgan fingerprint density at radius 3 is 2.86 bits per heavy atom. The van der Waals surface area contributed by atoms with Gasteiger partial charge in [0.05, 0.1) is 12.2 Å². The topological polar surface area (TPSA) is 52.3 Å². The summed E-state index contributed by atoms with van der Waals surface area (Å²) in [6, 6.07) is 5.94. The molecule has 2 rings (SSSR count). The van der Waals surface area contributed by atoms with Gasteiger partial charge in [0.15, 0.2) is 5.78 Å². The molecule has 0 radical (unpaired) electrons. The Morgan fingerprint density at radius 2 is 2.14 bits per heavy atom. The van der Waals surface area contributed by atoms with Crippen LogP contribution < -0.4 is 10.5 Å². The van der Waals surface area contributed by atoms with Crippen LogP contribution in [0.4, 0.5) is 0 Å². The molecule has 0 aromatic heterocycles. The molecule has 1 aliphatic heterocycles. The fourth-order valence-electron chi connectivity index (χ4n) is 3.08. The van der Waals surface area contributed by atoms with Crippen LogP contribution in [0.15, 0.2) is 18.2 Å². The van der Waals surface area contributed by atoms with Crippen LogP contribution in [0.25, 0.3) is 0 Å². The summed E-state index contributed by atoms with van der Waals surface area (Å²) in [5, 5.41) is 0. The highest BCUT2D eigenvalue weighted by Gasteiger charge is 2.20. The first-order valence-corrected chi connectivity index (χ1v) is 8.11. The number of ketones is 1. The van der Waals surface area contributed by atoms with Crippen molar-refractivity contribution in [2.24, 2.45) is 17.6 Å². The fourth-order valence-corrected chi connectivity index (χ4v) is 3.08. The number of para-hydroxylation sites is 1. The Hall–Kier alpha value is -1.35. The standard InChI is InChI=1S/C18H27NO2/c1-13(2)14(10-11-19)8-9-17(20)16-7-3-5-15-6-4-12-21-18(15)16/h3,5,7,13-14H,4,6,8-12,19H2,1-2H3. The van der Waals surface area contributed by atoms with Crippen LogP contribution in [0.1, 0.15) is 55.5 Å². The summed E-state index contributed by atoms with van der Waals surface area (Å²) in [5.74, 6) is 2.13. The van der Waals surface area contributed by atoms with Gasteiger partial charge in [-0.15, -0.1) is 0 Å². The number of rotatable bonds is 7. The lowest BCUT2D eigenvalue weighted by atomic mass is 9.86. The second kappa shape index (κ2) is 7.60. The lowest BCUT2D eigenvalue weighted by Crippen LogP contribution is -2.17. The van der Waals surface area contributed by atoms with Crippen LogP contribution in [-0.2, 0) is 6.42 Å². The van der Waals surface area contributed by atoms with Crippen molar-refractivity contribution in [1.29, 1.82) is 0 Å². The zero-order valence-electron chi connectivity index (χ0n) is 13.2.